The summed E-state index contributed by atoms with van der Waals surface area (Å²) in [5.74, 6) is 0.853. The Labute approximate surface area is 157 Å². The maximum atomic E-state index is 12.2. The van der Waals surface area contributed by atoms with Gasteiger partial charge in [0.05, 0.1) is 19.8 Å². The van der Waals surface area contributed by atoms with Crippen molar-refractivity contribution in [2.75, 3.05) is 53.7 Å². The van der Waals surface area contributed by atoms with Crippen molar-refractivity contribution < 1.29 is 19.0 Å². The third-order valence-corrected chi connectivity index (χ3v) is 4.00. The van der Waals surface area contributed by atoms with E-state index in [-0.39, 0.29) is 11.4 Å². The van der Waals surface area contributed by atoms with Gasteiger partial charge < -0.3 is 24.4 Å². The van der Waals surface area contributed by atoms with Gasteiger partial charge in [-0.05, 0) is 29.5 Å². The second-order valence-corrected chi connectivity index (χ2v) is 7.18. The fraction of sp³-hybridized carbons (Fsp3) is 0.650. The summed E-state index contributed by atoms with van der Waals surface area (Å²) in [5.41, 5.74) is 1.42. The molecule has 6 heteroatoms. The van der Waals surface area contributed by atoms with Crippen molar-refractivity contribution in [3.8, 4) is 5.75 Å². The van der Waals surface area contributed by atoms with Crippen LogP contribution in [0.1, 0.15) is 32.8 Å². The van der Waals surface area contributed by atoms with Gasteiger partial charge in [0.1, 0.15) is 5.75 Å². The van der Waals surface area contributed by atoms with Crippen molar-refractivity contribution in [3.05, 3.63) is 29.8 Å². The van der Waals surface area contributed by atoms with Crippen LogP contribution in [-0.2, 0) is 14.9 Å². The van der Waals surface area contributed by atoms with Crippen molar-refractivity contribution in [2.45, 2.75) is 32.6 Å². The van der Waals surface area contributed by atoms with Crippen molar-refractivity contribution >= 4 is 6.03 Å². The predicted octanol–water partition coefficient (Wildman–Crippen LogP) is 3.06. The Kier molecular flexibility index (Phi) is 10.1. The minimum atomic E-state index is -0.103. The van der Waals surface area contributed by atoms with Gasteiger partial charge >= 0.3 is 6.03 Å². The van der Waals surface area contributed by atoms with Gasteiger partial charge in [0.15, 0.2) is 0 Å². The summed E-state index contributed by atoms with van der Waals surface area (Å²) >= 11 is 0. The van der Waals surface area contributed by atoms with Crippen LogP contribution in [0, 0.1) is 0 Å². The lowest BCUT2D eigenvalue weighted by molar-refractivity contribution is 0.122. The molecule has 0 aliphatic carbocycles. The first-order chi connectivity index (χ1) is 12.4. The van der Waals surface area contributed by atoms with E-state index >= 15 is 0 Å². The number of hydrogen-bond acceptors (Lipinski definition) is 4. The molecule has 0 bridgehead atoms. The number of amides is 2. The highest BCUT2D eigenvalue weighted by atomic mass is 16.5. The number of carbonyl (C=O) groups is 1. The number of hydrogen-bond donors (Lipinski definition) is 1. The SMILES string of the molecule is COCCN(CCOC)C(=O)NCCCOc1ccc(C(C)(C)C)cc1. The fourth-order valence-corrected chi connectivity index (χ4v) is 2.34. The molecule has 2 amide bonds. The number of urea groups is 1. The van der Waals surface area contributed by atoms with Crippen LogP contribution in [0.2, 0.25) is 0 Å². The Morgan fingerprint density at radius 1 is 1.00 bits per heavy atom. The molecular formula is C20H34N2O4. The number of nitrogens with one attached hydrogen (secondary N) is 1. The van der Waals surface area contributed by atoms with Gasteiger partial charge in [0.25, 0.3) is 0 Å². The van der Waals surface area contributed by atoms with Crippen LogP contribution in [0.4, 0.5) is 4.79 Å². The summed E-state index contributed by atoms with van der Waals surface area (Å²) in [5, 5.41) is 2.91. The van der Waals surface area contributed by atoms with E-state index in [0.717, 1.165) is 12.2 Å². The Hall–Kier alpha value is -1.79. The number of methoxy groups -OCH3 is 2. The first-order valence-electron chi connectivity index (χ1n) is 9.12. The van der Waals surface area contributed by atoms with Crippen LogP contribution in [-0.4, -0.2) is 64.6 Å². The van der Waals surface area contributed by atoms with E-state index in [4.69, 9.17) is 14.2 Å². The van der Waals surface area contributed by atoms with E-state index in [2.05, 4.69) is 38.2 Å². The van der Waals surface area contributed by atoms with Crippen molar-refractivity contribution in [1.82, 2.24) is 10.2 Å². The predicted molar refractivity (Wildman–Crippen MR) is 104 cm³/mol. The van der Waals surface area contributed by atoms with Crippen LogP contribution in [0.3, 0.4) is 0 Å². The van der Waals surface area contributed by atoms with E-state index < -0.39 is 0 Å². The standard InChI is InChI=1S/C20H34N2O4/c1-20(2,3)17-7-9-18(10-8-17)26-14-6-11-21-19(23)22(12-15-24-4)13-16-25-5/h7-10H,6,11-16H2,1-5H3,(H,21,23). The molecule has 0 saturated heterocycles. The summed E-state index contributed by atoms with van der Waals surface area (Å²) in [4.78, 5) is 13.9. The molecule has 0 aliphatic heterocycles. The van der Waals surface area contributed by atoms with Crippen LogP contribution in [0.15, 0.2) is 24.3 Å². The van der Waals surface area contributed by atoms with Crippen molar-refractivity contribution in [1.29, 1.82) is 0 Å². The van der Waals surface area contributed by atoms with Crippen LogP contribution in [0.25, 0.3) is 0 Å². The monoisotopic (exact) mass is 366 g/mol. The second kappa shape index (κ2) is 11.8. The number of carbonyl (C=O) groups excluding carboxylic acids is 1. The average molecular weight is 367 g/mol. The molecule has 1 aromatic carbocycles. The summed E-state index contributed by atoms with van der Waals surface area (Å²) in [6.07, 6.45) is 0.745. The lowest BCUT2D eigenvalue weighted by Crippen LogP contribution is -2.43. The lowest BCUT2D eigenvalue weighted by atomic mass is 9.87. The van der Waals surface area contributed by atoms with E-state index in [1.165, 1.54) is 5.56 Å². The van der Waals surface area contributed by atoms with Crippen LogP contribution in [0.5, 0.6) is 5.75 Å². The molecule has 26 heavy (non-hydrogen) atoms. The highest BCUT2D eigenvalue weighted by Crippen LogP contribution is 2.24. The summed E-state index contributed by atoms with van der Waals surface area (Å²) in [7, 11) is 3.25. The molecule has 0 spiro atoms. The molecule has 0 radical (unpaired) electrons. The normalized spacial score (nSPS) is 11.3. The molecule has 6 nitrogen and oxygen atoms in total. The van der Waals surface area contributed by atoms with Crippen molar-refractivity contribution in [3.63, 3.8) is 0 Å². The number of nitrogens with zero attached hydrogens (tertiary/aromatic N) is 1. The molecule has 1 N–H and O–H groups in total. The first-order valence-corrected chi connectivity index (χ1v) is 9.12. The number of rotatable bonds is 11. The fourth-order valence-electron chi connectivity index (χ4n) is 2.34. The zero-order valence-corrected chi connectivity index (χ0v) is 16.8. The lowest BCUT2D eigenvalue weighted by Gasteiger charge is -2.22. The molecule has 1 rings (SSSR count). The molecule has 0 aliphatic rings. The maximum absolute atomic E-state index is 12.2. The smallest absolute Gasteiger partial charge is 0.317 e. The highest BCUT2D eigenvalue weighted by molar-refractivity contribution is 5.74. The third kappa shape index (κ3) is 8.54. The van der Waals surface area contributed by atoms with Crippen molar-refractivity contribution in [2.24, 2.45) is 0 Å². The Morgan fingerprint density at radius 3 is 2.08 bits per heavy atom. The molecule has 0 saturated carbocycles. The van der Waals surface area contributed by atoms with Gasteiger partial charge in [-0.3, -0.25) is 0 Å². The van der Waals surface area contributed by atoms with Gasteiger partial charge in [-0.1, -0.05) is 32.9 Å². The number of ether oxygens (including phenoxy) is 3. The van der Waals surface area contributed by atoms with E-state index in [1.807, 2.05) is 12.1 Å². The first kappa shape index (κ1) is 22.3. The minimum Gasteiger partial charge on any atom is -0.494 e. The molecule has 0 unspecified atom stereocenters. The third-order valence-electron chi connectivity index (χ3n) is 4.00. The molecule has 0 atom stereocenters. The Balaban J connectivity index is 2.28. The quantitative estimate of drug-likeness (QED) is 0.612. The van der Waals surface area contributed by atoms with E-state index in [1.54, 1.807) is 19.1 Å². The molecule has 0 aromatic heterocycles. The minimum absolute atomic E-state index is 0.103. The molecule has 0 fully saturated rings. The van der Waals surface area contributed by atoms with Gasteiger partial charge in [0.2, 0.25) is 0 Å². The van der Waals surface area contributed by atoms with Gasteiger partial charge in [0, 0.05) is 33.9 Å². The van der Waals surface area contributed by atoms with E-state index in [9.17, 15) is 4.79 Å². The van der Waals surface area contributed by atoms with Gasteiger partial charge in [-0.2, -0.15) is 0 Å². The summed E-state index contributed by atoms with van der Waals surface area (Å²) in [6, 6.07) is 8.09. The molecule has 1 aromatic rings. The zero-order valence-electron chi connectivity index (χ0n) is 16.8. The summed E-state index contributed by atoms with van der Waals surface area (Å²) < 4.78 is 15.8. The van der Waals surface area contributed by atoms with Crippen LogP contribution < -0.4 is 10.1 Å². The zero-order chi connectivity index (χ0) is 19.4. The Morgan fingerprint density at radius 2 is 1.58 bits per heavy atom. The van der Waals surface area contributed by atoms with Crippen LogP contribution >= 0.6 is 0 Å². The maximum Gasteiger partial charge on any atom is 0.317 e. The highest BCUT2D eigenvalue weighted by Gasteiger charge is 2.13. The Bertz CT molecular complexity index is 504. The van der Waals surface area contributed by atoms with Gasteiger partial charge in [-0.25, -0.2) is 4.79 Å². The topological polar surface area (TPSA) is 60.0 Å². The number of benzene rings is 1. The molecule has 0 heterocycles. The van der Waals surface area contributed by atoms with E-state index in [0.29, 0.717) is 39.5 Å². The largest absolute Gasteiger partial charge is 0.494 e. The molecular weight excluding hydrogens is 332 g/mol. The second-order valence-electron chi connectivity index (χ2n) is 7.18. The molecule has 148 valence electrons. The summed E-state index contributed by atoms with van der Waals surface area (Å²) in [6.45, 7) is 9.79. The van der Waals surface area contributed by atoms with Gasteiger partial charge in [-0.15, -0.1) is 0 Å². The average Bonchev–Trinajstić information content (AvgIpc) is 2.61.